The maximum atomic E-state index is 6.00. The van der Waals surface area contributed by atoms with Crippen LogP contribution in [0.15, 0.2) is 57.6 Å². The molecule has 0 amide bonds. The van der Waals surface area contributed by atoms with Gasteiger partial charge in [-0.3, -0.25) is 0 Å². The van der Waals surface area contributed by atoms with Crippen molar-refractivity contribution in [2.45, 2.75) is 13.1 Å². The van der Waals surface area contributed by atoms with Gasteiger partial charge in [0.2, 0.25) is 0 Å². The van der Waals surface area contributed by atoms with Gasteiger partial charge in [0.1, 0.15) is 18.8 Å². The Bertz CT molecular complexity index is 699. The summed E-state index contributed by atoms with van der Waals surface area (Å²) in [4.78, 5) is 0. The van der Waals surface area contributed by atoms with E-state index in [4.69, 9.17) is 32.0 Å². The zero-order valence-corrected chi connectivity index (χ0v) is 12.7. The molecule has 2 N–H and O–H groups in total. The SMILES string of the molecule is Clc1cc(Cl)cc(-c2ccc(C[NH2+]Cc3ccco3)o2)c1. The van der Waals surface area contributed by atoms with E-state index >= 15 is 0 Å². The average Bonchev–Trinajstić information content (AvgIpc) is 3.09. The van der Waals surface area contributed by atoms with E-state index in [1.165, 1.54) is 0 Å². The molecule has 5 heteroatoms. The lowest BCUT2D eigenvalue weighted by Crippen LogP contribution is -2.80. The van der Waals surface area contributed by atoms with Crippen LogP contribution in [-0.4, -0.2) is 0 Å². The Morgan fingerprint density at radius 3 is 2.38 bits per heavy atom. The fourth-order valence-electron chi connectivity index (χ4n) is 2.12. The van der Waals surface area contributed by atoms with Crippen molar-refractivity contribution >= 4 is 23.2 Å². The van der Waals surface area contributed by atoms with Gasteiger partial charge in [-0.2, -0.15) is 0 Å². The topological polar surface area (TPSA) is 42.9 Å². The highest BCUT2D eigenvalue weighted by atomic mass is 35.5. The lowest BCUT2D eigenvalue weighted by Gasteiger charge is -2.00. The van der Waals surface area contributed by atoms with Gasteiger partial charge in [0.15, 0.2) is 11.5 Å². The fraction of sp³-hybridized carbons (Fsp3) is 0.125. The Balaban J connectivity index is 1.65. The van der Waals surface area contributed by atoms with E-state index in [2.05, 4.69) is 5.32 Å². The summed E-state index contributed by atoms with van der Waals surface area (Å²) in [6.45, 7) is 1.53. The number of hydrogen-bond acceptors (Lipinski definition) is 2. The molecular formula is C16H14Cl2NO2+. The summed E-state index contributed by atoms with van der Waals surface area (Å²) in [7, 11) is 0. The lowest BCUT2D eigenvalue weighted by atomic mass is 10.2. The average molecular weight is 323 g/mol. The third kappa shape index (κ3) is 3.70. The molecule has 0 saturated carbocycles. The van der Waals surface area contributed by atoms with Crippen LogP contribution in [-0.2, 0) is 13.1 Å². The van der Waals surface area contributed by atoms with Gasteiger partial charge in [0.25, 0.3) is 0 Å². The van der Waals surface area contributed by atoms with Crippen LogP contribution in [0.4, 0.5) is 0 Å². The van der Waals surface area contributed by atoms with E-state index < -0.39 is 0 Å². The van der Waals surface area contributed by atoms with Gasteiger partial charge in [-0.25, -0.2) is 0 Å². The van der Waals surface area contributed by atoms with Crippen LogP contribution in [0.3, 0.4) is 0 Å². The summed E-state index contributed by atoms with van der Waals surface area (Å²) in [5.41, 5.74) is 0.879. The molecule has 0 bridgehead atoms. The fourth-order valence-corrected chi connectivity index (χ4v) is 2.65. The standard InChI is InChI=1S/C16H13Cl2NO2/c17-12-6-11(7-13(18)8-12)16-4-3-15(21-16)10-19-9-14-2-1-5-20-14/h1-8,19H,9-10H2/p+1. The van der Waals surface area contributed by atoms with Gasteiger partial charge < -0.3 is 14.2 Å². The molecule has 3 nitrogen and oxygen atoms in total. The summed E-state index contributed by atoms with van der Waals surface area (Å²) in [6, 6.07) is 13.1. The molecule has 0 unspecified atom stereocenters. The largest absolute Gasteiger partial charge is 0.463 e. The third-order valence-corrected chi connectivity index (χ3v) is 3.52. The van der Waals surface area contributed by atoms with Crippen LogP contribution in [0.25, 0.3) is 11.3 Å². The van der Waals surface area contributed by atoms with Crippen LogP contribution < -0.4 is 5.32 Å². The van der Waals surface area contributed by atoms with Gasteiger partial charge in [-0.05, 0) is 42.5 Å². The predicted octanol–water partition coefficient (Wildman–Crippen LogP) is 4.11. The van der Waals surface area contributed by atoms with Crippen molar-refractivity contribution in [3.8, 4) is 11.3 Å². The second-order valence-corrected chi connectivity index (χ2v) is 5.57. The van der Waals surface area contributed by atoms with Crippen LogP contribution in [0.1, 0.15) is 11.5 Å². The second-order valence-electron chi connectivity index (χ2n) is 4.70. The molecule has 0 aliphatic carbocycles. The van der Waals surface area contributed by atoms with Crippen LogP contribution in [0.5, 0.6) is 0 Å². The molecule has 2 aromatic heterocycles. The Kier molecular flexibility index (Phi) is 4.34. The quantitative estimate of drug-likeness (QED) is 0.768. The van der Waals surface area contributed by atoms with Crippen molar-refractivity contribution in [1.82, 2.24) is 0 Å². The molecule has 21 heavy (non-hydrogen) atoms. The summed E-state index contributed by atoms with van der Waals surface area (Å²) < 4.78 is 11.1. The van der Waals surface area contributed by atoms with Crippen LogP contribution >= 0.6 is 23.2 Å². The van der Waals surface area contributed by atoms with E-state index in [0.29, 0.717) is 10.0 Å². The molecule has 0 aliphatic heterocycles. The van der Waals surface area contributed by atoms with E-state index in [9.17, 15) is 0 Å². The maximum absolute atomic E-state index is 6.00. The minimum Gasteiger partial charge on any atom is -0.463 e. The smallest absolute Gasteiger partial charge is 0.158 e. The normalized spacial score (nSPS) is 11.0. The van der Waals surface area contributed by atoms with E-state index in [0.717, 1.165) is 35.9 Å². The highest BCUT2D eigenvalue weighted by molar-refractivity contribution is 6.35. The van der Waals surface area contributed by atoms with Crippen LogP contribution in [0.2, 0.25) is 10.0 Å². The van der Waals surface area contributed by atoms with Gasteiger partial charge >= 0.3 is 0 Å². The number of furan rings is 2. The Labute approximate surface area is 132 Å². The zero-order chi connectivity index (χ0) is 14.7. The summed E-state index contributed by atoms with van der Waals surface area (Å²) in [5.74, 6) is 2.61. The molecule has 3 aromatic rings. The Morgan fingerprint density at radius 2 is 1.67 bits per heavy atom. The van der Waals surface area contributed by atoms with Crippen molar-refractivity contribution in [3.63, 3.8) is 0 Å². The van der Waals surface area contributed by atoms with Crippen LogP contribution in [0, 0.1) is 0 Å². The molecule has 1 aromatic carbocycles. The maximum Gasteiger partial charge on any atom is 0.158 e. The molecular weight excluding hydrogens is 309 g/mol. The molecule has 0 aliphatic rings. The first-order valence-corrected chi connectivity index (χ1v) is 7.35. The molecule has 108 valence electrons. The first kappa shape index (κ1) is 14.3. The number of hydrogen-bond donors (Lipinski definition) is 1. The highest BCUT2D eigenvalue weighted by Crippen LogP contribution is 2.28. The Hall–Kier alpha value is -1.68. The van der Waals surface area contributed by atoms with Gasteiger partial charge in [0.05, 0.1) is 6.26 Å². The van der Waals surface area contributed by atoms with Crippen molar-refractivity contribution < 1.29 is 14.2 Å². The molecule has 2 heterocycles. The molecule has 0 atom stereocenters. The third-order valence-electron chi connectivity index (χ3n) is 3.08. The van der Waals surface area contributed by atoms with E-state index in [-0.39, 0.29) is 0 Å². The minimum atomic E-state index is 0.597. The van der Waals surface area contributed by atoms with Gasteiger partial charge in [-0.1, -0.05) is 23.2 Å². The number of nitrogens with two attached hydrogens (primary N) is 1. The Morgan fingerprint density at radius 1 is 0.905 bits per heavy atom. The number of benzene rings is 1. The molecule has 0 fully saturated rings. The number of quaternary nitrogens is 1. The summed E-state index contributed by atoms with van der Waals surface area (Å²) >= 11 is 12.0. The van der Waals surface area contributed by atoms with Crippen molar-refractivity contribution in [2.24, 2.45) is 0 Å². The predicted molar refractivity (Wildman–Crippen MR) is 82.2 cm³/mol. The highest BCUT2D eigenvalue weighted by Gasteiger charge is 2.08. The number of rotatable bonds is 5. The molecule has 0 spiro atoms. The van der Waals surface area contributed by atoms with E-state index in [1.807, 2.05) is 36.4 Å². The molecule has 0 radical (unpaired) electrons. The lowest BCUT2D eigenvalue weighted by molar-refractivity contribution is -0.689. The van der Waals surface area contributed by atoms with Gasteiger partial charge in [0, 0.05) is 15.6 Å². The van der Waals surface area contributed by atoms with Crippen molar-refractivity contribution in [3.05, 3.63) is 70.3 Å². The number of halogens is 2. The van der Waals surface area contributed by atoms with E-state index in [1.54, 1.807) is 12.3 Å². The zero-order valence-electron chi connectivity index (χ0n) is 11.2. The van der Waals surface area contributed by atoms with Crippen molar-refractivity contribution in [1.29, 1.82) is 0 Å². The molecule has 0 saturated heterocycles. The van der Waals surface area contributed by atoms with Gasteiger partial charge in [-0.15, -0.1) is 0 Å². The summed E-state index contributed by atoms with van der Waals surface area (Å²) in [6.07, 6.45) is 1.68. The minimum absolute atomic E-state index is 0.597. The monoisotopic (exact) mass is 322 g/mol. The second kappa shape index (κ2) is 6.39. The first-order valence-electron chi connectivity index (χ1n) is 6.60. The first-order chi connectivity index (χ1) is 10.2. The summed E-state index contributed by atoms with van der Waals surface area (Å²) in [5, 5.41) is 3.31. The molecule has 3 rings (SSSR count). The van der Waals surface area contributed by atoms with Crippen molar-refractivity contribution in [2.75, 3.05) is 0 Å².